The van der Waals surface area contributed by atoms with E-state index in [1.54, 1.807) is 18.3 Å². The van der Waals surface area contributed by atoms with Crippen LogP contribution in [0.15, 0.2) is 18.3 Å². The highest BCUT2D eigenvalue weighted by molar-refractivity contribution is 5.95. The fraction of sp³-hybridized carbons (Fsp3) is 0.500. The van der Waals surface area contributed by atoms with Gasteiger partial charge in [-0.05, 0) is 31.4 Å². The molecule has 0 radical (unpaired) electrons. The zero-order valence-corrected chi connectivity index (χ0v) is 9.69. The second-order valence-corrected chi connectivity index (χ2v) is 4.06. The van der Waals surface area contributed by atoms with Crippen molar-refractivity contribution in [2.24, 2.45) is 5.73 Å². The zero-order chi connectivity index (χ0) is 12.1. The van der Waals surface area contributed by atoms with Gasteiger partial charge in [0.1, 0.15) is 23.9 Å². The number of amidine groups is 1. The average Bonchev–Trinajstić information content (AvgIpc) is 2.38. The molecule has 1 saturated heterocycles. The van der Waals surface area contributed by atoms with Crippen LogP contribution in [0.4, 0.5) is 0 Å². The van der Waals surface area contributed by atoms with Gasteiger partial charge in [0.2, 0.25) is 0 Å². The van der Waals surface area contributed by atoms with Gasteiger partial charge in [0.05, 0.1) is 6.10 Å². The summed E-state index contributed by atoms with van der Waals surface area (Å²) in [5, 5.41) is 7.40. The monoisotopic (exact) mass is 235 g/mol. The van der Waals surface area contributed by atoms with Crippen molar-refractivity contribution < 1.29 is 9.47 Å². The van der Waals surface area contributed by atoms with Crippen molar-refractivity contribution in [3.8, 4) is 5.75 Å². The van der Waals surface area contributed by atoms with Gasteiger partial charge in [0.25, 0.3) is 0 Å². The molecule has 2 rings (SSSR count). The third-order valence-electron chi connectivity index (χ3n) is 2.72. The molecule has 0 aliphatic carbocycles. The van der Waals surface area contributed by atoms with Gasteiger partial charge < -0.3 is 15.2 Å². The summed E-state index contributed by atoms with van der Waals surface area (Å²) in [4.78, 5) is 4.03. The smallest absolute Gasteiger partial charge is 0.148 e. The van der Waals surface area contributed by atoms with Crippen molar-refractivity contribution in [3.63, 3.8) is 0 Å². The van der Waals surface area contributed by atoms with Gasteiger partial charge in [0, 0.05) is 12.8 Å². The van der Waals surface area contributed by atoms with Crippen LogP contribution in [-0.2, 0) is 4.74 Å². The fourth-order valence-electron chi connectivity index (χ4n) is 1.83. The van der Waals surface area contributed by atoms with Crippen LogP contribution in [0.2, 0.25) is 0 Å². The highest BCUT2D eigenvalue weighted by Crippen LogP contribution is 2.18. The number of ether oxygens (including phenoxy) is 2. The van der Waals surface area contributed by atoms with Crippen molar-refractivity contribution in [2.75, 3.05) is 13.2 Å². The molecule has 0 bridgehead atoms. The van der Waals surface area contributed by atoms with Gasteiger partial charge in [-0.2, -0.15) is 0 Å². The van der Waals surface area contributed by atoms with Crippen LogP contribution in [0, 0.1) is 5.41 Å². The number of hydrogen-bond donors (Lipinski definition) is 2. The van der Waals surface area contributed by atoms with Crippen LogP contribution >= 0.6 is 0 Å². The number of hydrogen-bond acceptors (Lipinski definition) is 4. The summed E-state index contributed by atoms with van der Waals surface area (Å²) < 4.78 is 11.2. The molecule has 0 spiro atoms. The first-order chi connectivity index (χ1) is 8.27. The third kappa shape index (κ3) is 3.17. The largest absolute Gasteiger partial charge is 0.488 e. The Morgan fingerprint density at radius 1 is 1.59 bits per heavy atom. The molecule has 0 amide bonds. The first-order valence-corrected chi connectivity index (χ1v) is 5.81. The molecule has 1 aromatic heterocycles. The molecule has 1 fully saturated rings. The number of nitrogens with zero attached hydrogens (tertiary/aromatic N) is 1. The van der Waals surface area contributed by atoms with E-state index in [1.165, 1.54) is 6.42 Å². The molecule has 17 heavy (non-hydrogen) atoms. The lowest BCUT2D eigenvalue weighted by Crippen LogP contribution is -2.26. The topological polar surface area (TPSA) is 81.2 Å². The Labute approximate surface area is 100 Å². The number of nitrogens with one attached hydrogen (secondary N) is 1. The molecule has 3 N–H and O–H groups in total. The summed E-state index contributed by atoms with van der Waals surface area (Å²) in [5.74, 6) is 0.472. The molecular weight excluding hydrogens is 218 g/mol. The fourth-order valence-corrected chi connectivity index (χ4v) is 1.83. The maximum absolute atomic E-state index is 7.40. The summed E-state index contributed by atoms with van der Waals surface area (Å²) in [5.41, 5.74) is 5.82. The van der Waals surface area contributed by atoms with Crippen LogP contribution in [0.25, 0.3) is 0 Å². The van der Waals surface area contributed by atoms with E-state index in [0.29, 0.717) is 18.1 Å². The lowest BCUT2D eigenvalue weighted by atomic mass is 10.1. The van der Waals surface area contributed by atoms with E-state index >= 15 is 0 Å². The second kappa shape index (κ2) is 5.63. The van der Waals surface area contributed by atoms with E-state index in [-0.39, 0.29) is 11.9 Å². The Balaban J connectivity index is 1.96. The lowest BCUT2D eigenvalue weighted by molar-refractivity contribution is -0.0111. The van der Waals surface area contributed by atoms with Crippen molar-refractivity contribution in [3.05, 3.63) is 24.0 Å². The normalized spacial score (nSPS) is 19.9. The molecule has 5 heteroatoms. The van der Waals surface area contributed by atoms with Crippen LogP contribution in [0.1, 0.15) is 25.0 Å². The minimum Gasteiger partial charge on any atom is -0.488 e. The van der Waals surface area contributed by atoms with Gasteiger partial charge in [-0.1, -0.05) is 0 Å². The minimum absolute atomic E-state index is 0.0786. The minimum atomic E-state index is -0.0786. The Hall–Kier alpha value is -1.62. The van der Waals surface area contributed by atoms with E-state index in [1.807, 2.05) is 0 Å². The average molecular weight is 235 g/mol. The maximum atomic E-state index is 7.40. The molecule has 0 saturated carbocycles. The zero-order valence-electron chi connectivity index (χ0n) is 9.69. The number of pyridine rings is 1. The Kier molecular flexibility index (Phi) is 3.93. The first-order valence-electron chi connectivity index (χ1n) is 5.81. The van der Waals surface area contributed by atoms with E-state index in [0.717, 1.165) is 19.4 Å². The van der Waals surface area contributed by atoms with Gasteiger partial charge in [0.15, 0.2) is 0 Å². The molecule has 1 aromatic rings. The predicted octanol–water partition coefficient (Wildman–Crippen LogP) is 1.31. The van der Waals surface area contributed by atoms with Crippen molar-refractivity contribution in [1.29, 1.82) is 5.41 Å². The summed E-state index contributed by atoms with van der Waals surface area (Å²) in [6, 6.07) is 3.54. The Bertz CT molecular complexity index is 389. The molecule has 1 aliphatic rings. The van der Waals surface area contributed by atoms with E-state index < -0.39 is 0 Å². The van der Waals surface area contributed by atoms with Gasteiger partial charge in [-0.25, -0.2) is 4.98 Å². The van der Waals surface area contributed by atoms with Crippen LogP contribution in [0.5, 0.6) is 5.75 Å². The molecule has 1 aliphatic heterocycles. The molecule has 1 unspecified atom stereocenters. The molecular formula is C12H17N3O2. The van der Waals surface area contributed by atoms with Crippen LogP contribution in [-0.4, -0.2) is 30.1 Å². The number of aromatic nitrogens is 1. The van der Waals surface area contributed by atoms with E-state index in [9.17, 15) is 0 Å². The van der Waals surface area contributed by atoms with E-state index in [4.69, 9.17) is 20.6 Å². The second-order valence-electron chi connectivity index (χ2n) is 4.06. The van der Waals surface area contributed by atoms with Gasteiger partial charge in [-0.15, -0.1) is 0 Å². The van der Waals surface area contributed by atoms with E-state index in [2.05, 4.69) is 4.98 Å². The molecule has 1 atom stereocenters. The van der Waals surface area contributed by atoms with Crippen LogP contribution in [0.3, 0.4) is 0 Å². The molecule has 0 aromatic carbocycles. The van der Waals surface area contributed by atoms with Crippen molar-refractivity contribution in [2.45, 2.75) is 25.4 Å². The molecule has 2 heterocycles. The number of nitrogens with two attached hydrogens (primary N) is 1. The van der Waals surface area contributed by atoms with Gasteiger partial charge in [-0.3, -0.25) is 5.41 Å². The third-order valence-corrected chi connectivity index (χ3v) is 2.72. The summed E-state index contributed by atoms with van der Waals surface area (Å²) >= 11 is 0. The van der Waals surface area contributed by atoms with Crippen molar-refractivity contribution in [1.82, 2.24) is 4.98 Å². The Morgan fingerprint density at radius 2 is 2.47 bits per heavy atom. The summed E-state index contributed by atoms with van der Waals surface area (Å²) in [6.07, 6.45) is 5.07. The van der Waals surface area contributed by atoms with Crippen molar-refractivity contribution >= 4 is 5.84 Å². The SMILES string of the molecule is N=C(N)c1ncccc1OCC1CCCCO1. The quantitative estimate of drug-likeness (QED) is 0.609. The maximum Gasteiger partial charge on any atom is 0.148 e. The highest BCUT2D eigenvalue weighted by Gasteiger charge is 2.16. The summed E-state index contributed by atoms with van der Waals surface area (Å²) in [7, 11) is 0. The highest BCUT2D eigenvalue weighted by atomic mass is 16.5. The Morgan fingerprint density at radius 3 is 3.18 bits per heavy atom. The molecule has 5 nitrogen and oxygen atoms in total. The first kappa shape index (κ1) is 11.9. The lowest BCUT2D eigenvalue weighted by Gasteiger charge is -2.22. The predicted molar refractivity (Wildman–Crippen MR) is 64.3 cm³/mol. The summed E-state index contributed by atoms with van der Waals surface area (Å²) in [6.45, 7) is 1.30. The van der Waals surface area contributed by atoms with Crippen LogP contribution < -0.4 is 10.5 Å². The number of nitrogen functional groups attached to an aromatic ring is 1. The van der Waals surface area contributed by atoms with Gasteiger partial charge >= 0.3 is 0 Å². The number of rotatable bonds is 4. The molecule has 92 valence electrons. The standard InChI is InChI=1S/C12H17N3O2/c13-12(14)11-10(5-3-6-15-11)17-8-9-4-1-2-7-16-9/h3,5-6,9H,1-2,4,7-8H2,(H3,13,14).